The van der Waals surface area contributed by atoms with Gasteiger partial charge in [0.15, 0.2) is 5.96 Å². The molecule has 0 amide bonds. The fourth-order valence-electron chi connectivity index (χ4n) is 1.88. The topological polar surface area (TPSA) is 58.5 Å². The fraction of sp³-hybridized carbons (Fsp3) is 0.250. The second kappa shape index (κ2) is 10.3. The summed E-state index contributed by atoms with van der Waals surface area (Å²) in [5.41, 5.74) is 2.15. The first-order valence-electron chi connectivity index (χ1n) is 6.89. The zero-order valence-electron chi connectivity index (χ0n) is 13.0. The molecular formula is C16H20ClIN4O. The van der Waals surface area contributed by atoms with E-state index in [4.69, 9.17) is 16.3 Å². The number of hydrogen-bond donors (Lipinski definition) is 2. The second-order valence-corrected chi connectivity index (χ2v) is 5.05. The van der Waals surface area contributed by atoms with Crippen LogP contribution in [0.2, 0.25) is 5.02 Å². The number of guanidine groups is 1. The molecule has 0 fully saturated rings. The molecule has 1 aromatic heterocycles. The summed E-state index contributed by atoms with van der Waals surface area (Å²) in [6.45, 7) is 1.29. The molecule has 0 saturated carbocycles. The highest BCUT2D eigenvalue weighted by atomic mass is 127. The molecule has 0 aliphatic carbocycles. The number of methoxy groups -OCH3 is 1. The van der Waals surface area contributed by atoms with Gasteiger partial charge in [-0.25, -0.2) is 4.98 Å². The molecule has 0 aliphatic rings. The second-order valence-electron chi connectivity index (χ2n) is 4.62. The van der Waals surface area contributed by atoms with E-state index in [1.165, 1.54) is 0 Å². The molecule has 0 radical (unpaired) electrons. The predicted octanol–water partition coefficient (Wildman–Crippen LogP) is 3.23. The Morgan fingerprint density at radius 3 is 2.48 bits per heavy atom. The molecule has 23 heavy (non-hydrogen) atoms. The van der Waals surface area contributed by atoms with Crippen molar-refractivity contribution in [3.05, 3.63) is 58.7 Å². The molecule has 7 heteroatoms. The van der Waals surface area contributed by atoms with E-state index in [1.54, 1.807) is 20.4 Å². The van der Waals surface area contributed by atoms with Crippen LogP contribution in [0.4, 0.5) is 0 Å². The first-order valence-corrected chi connectivity index (χ1v) is 7.27. The number of pyridine rings is 1. The Morgan fingerprint density at radius 1 is 1.17 bits per heavy atom. The Kier molecular flexibility index (Phi) is 8.71. The van der Waals surface area contributed by atoms with Gasteiger partial charge in [0.2, 0.25) is 5.88 Å². The normalized spacial score (nSPS) is 10.7. The van der Waals surface area contributed by atoms with Crippen LogP contribution in [-0.2, 0) is 13.1 Å². The summed E-state index contributed by atoms with van der Waals surface area (Å²) in [4.78, 5) is 8.36. The molecule has 0 unspecified atom stereocenters. The van der Waals surface area contributed by atoms with Crippen molar-refractivity contribution in [1.82, 2.24) is 15.6 Å². The van der Waals surface area contributed by atoms with Crippen molar-refractivity contribution in [2.75, 3.05) is 14.2 Å². The number of rotatable bonds is 5. The minimum absolute atomic E-state index is 0. The zero-order chi connectivity index (χ0) is 15.8. The average Bonchev–Trinajstić information content (AvgIpc) is 2.55. The third kappa shape index (κ3) is 6.62. The number of hydrogen-bond acceptors (Lipinski definition) is 3. The monoisotopic (exact) mass is 446 g/mol. The highest BCUT2D eigenvalue weighted by Crippen LogP contribution is 2.10. The molecular weight excluding hydrogens is 427 g/mol. The standard InChI is InChI=1S/C16H19ClN4O.HI/c1-18-16(20-9-12-4-3-5-14(17)8-12)21-11-13-6-7-15(22-2)19-10-13;/h3-8,10H,9,11H2,1-2H3,(H2,18,20,21);1H. The highest BCUT2D eigenvalue weighted by Gasteiger charge is 2.00. The maximum Gasteiger partial charge on any atom is 0.212 e. The van der Waals surface area contributed by atoms with E-state index in [2.05, 4.69) is 20.6 Å². The Morgan fingerprint density at radius 2 is 1.91 bits per heavy atom. The third-order valence-electron chi connectivity index (χ3n) is 3.04. The van der Waals surface area contributed by atoms with Crippen molar-refractivity contribution < 1.29 is 4.74 Å². The minimum Gasteiger partial charge on any atom is -0.481 e. The summed E-state index contributed by atoms with van der Waals surface area (Å²) in [6, 6.07) is 11.5. The van der Waals surface area contributed by atoms with Crippen LogP contribution in [-0.4, -0.2) is 25.1 Å². The van der Waals surface area contributed by atoms with Gasteiger partial charge in [0.05, 0.1) is 7.11 Å². The quantitative estimate of drug-likeness (QED) is 0.421. The lowest BCUT2D eigenvalue weighted by Gasteiger charge is -2.12. The summed E-state index contributed by atoms with van der Waals surface area (Å²) >= 11 is 5.97. The molecule has 1 heterocycles. The van der Waals surface area contributed by atoms with Gasteiger partial charge in [-0.2, -0.15) is 0 Å². The Hall–Kier alpha value is -1.54. The number of aromatic nitrogens is 1. The van der Waals surface area contributed by atoms with Crippen LogP contribution in [0.25, 0.3) is 0 Å². The van der Waals surface area contributed by atoms with Crippen LogP contribution in [0.3, 0.4) is 0 Å². The van der Waals surface area contributed by atoms with E-state index >= 15 is 0 Å². The number of benzene rings is 1. The maximum absolute atomic E-state index is 5.97. The molecule has 0 atom stereocenters. The summed E-state index contributed by atoms with van der Waals surface area (Å²) in [5, 5.41) is 7.20. The van der Waals surface area contributed by atoms with Gasteiger partial charge in [-0.3, -0.25) is 4.99 Å². The predicted molar refractivity (Wildman–Crippen MR) is 105 cm³/mol. The fourth-order valence-corrected chi connectivity index (χ4v) is 2.09. The van der Waals surface area contributed by atoms with Gasteiger partial charge in [-0.15, -0.1) is 24.0 Å². The lowest BCUT2D eigenvalue weighted by molar-refractivity contribution is 0.397. The van der Waals surface area contributed by atoms with Crippen LogP contribution >= 0.6 is 35.6 Å². The molecule has 0 bridgehead atoms. The Balaban J connectivity index is 0.00000264. The number of nitrogens with zero attached hydrogens (tertiary/aromatic N) is 2. The largest absolute Gasteiger partial charge is 0.481 e. The van der Waals surface area contributed by atoms with Crippen molar-refractivity contribution in [2.45, 2.75) is 13.1 Å². The third-order valence-corrected chi connectivity index (χ3v) is 3.27. The zero-order valence-corrected chi connectivity index (χ0v) is 16.1. The lowest BCUT2D eigenvalue weighted by Crippen LogP contribution is -2.36. The van der Waals surface area contributed by atoms with Gasteiger partial charge in [-0.1, -0.05) is 29.8 Å². The molecule has 0 saturated heterocycles. The van der Waals surface area contributed by atoms with E-state index in [0.717, 1.165) is 22.1 Å². The van der Waals surface area contributed by atoms with Gasteiger partial charge in [0.25, 0.3) is 0 Å². The van der Waals surface area contributed by atoms with Crippen molar-refractivity contribution in [3.8, 4) is 5.88 Å². The van der Waals surface area contributed by atoms with E-state index in [-0.39, 0.29) is 24.0 Å². The van der Waals surface area contributed by atoms with Gasteiger partial charge in [0.1, 0.15) is 0 Å². The Labute approximate surface area is 158 Å². The molecule has 5 nitrogen and oxygen atoms in total. The van der Waals surface area contributed by atoms with Crippen LogP contribution in [0, 0.1) is 0 Å². The van der Waals surface area contributed by atoms with Gasteiger partial charge in [0, 0.05) is 37.4 Å². The smallest absolute Gasteiger partial charge is 0.212 e. The highest BCUT2D eigenvalue weighted by molar-refractivity contribution is 14.0. The van der Waals surface area contributed by atoms with Crippen molar-refractivity contribution in [2.24, 2.45) is 4.99 Å². The maximum atomic E-state index is 5.97. The SMILES string of the molecule is CN=C(NCc1ccc(OC)nc1)NCc1cccc(Cl)c1.I. The summed E-state index contributed by atoms with van der Waals surface area (Å²) in [7, 11) is 3.33. The summed E-state index contributed by atoms with van der Waals surface area (Å²) < 4.78 is 5.03. The van der Waals surface area contributed by atoms with Gasteiger partial charge >= 0.3 is 0 Å². The van der Waals surface area contributed by atoms with Crippen LogP contribution in [0.1, 0.15) is 11.1 Å². The molecule has 2 rings (SSSR count). The van der Waals surface area contributed by atoms with Crippen LogP contribution in [0.5, 0.6) is 5.88 Å². The Bertz CT molecular complexity index is 634. The number of ether oxygens (including phenoxy) is 1. The van der Waals surface area contributed by atoms with Gasteiger partial charge in [-0.05, 0) is 23.3 Å². The molecule has 0 spiro atoms. The number of halogens is 2. The lowest BCUT2D eigenvalue weighted by atomic mass is 10.2. The molecule has 1 aromatic carbocycles. The molecule has 0 aliphatic heterocycles. The first kappa shape index (κ1) is 19.5. The number of aliphatic imine (C=N–C) groups is 1. The van der Waals surface area contributed by atoms with E-state index in [1.807, 2.05) is 36.4 Å². The summed E-state index contributed by atoms with van der Waals surface area (Å²) in [6.07, 6.45) is 1.77. The first-order chi connectivity index (χ1) is 10.7. The van der Waals surface area contributed by atoms with Crippen molar-refractivity contribution >= 4 is 41.5 Å². The van der Waals surface area contributed by atoms with Gasteiger partial charge < -0.3 is 15.4 Å². The van der Waals surface area contributed by atoms with Crippen molar-refractivity contribution in [1.29, 1.82) is 0 Å². The van der Waals surface area contributed by atoms with Crippen LogP contribution in [0.15, 0.2) is 47.6 Å². The molecule has 2 aromatic rings. The van der Waals surface area contributed by atoms with Crippen LogP contribution < -0.4 is 15.4 Å². The minimum atomic E-state index is 0. The average molecular weight is 447 g/mol. The molecule has 124 valence electrons. The van der Waals surface area contributed by atoms with E-state index in [9.17, 15) is 0 Å². The van der Waals surface area contributed by atoms with Crippen molar-refractivity contribution in [3.63, 3.8) is 0 Å². The summed E-state index contributed by atoms with van der Waals surface area (Å²) in [5.74, 6) is 1.32. The number of nitrogens with one attached hydrogen (secondary N) is 2. The van der Waals surface area contributed by atoms with E-state index in [0.29, 0.717) is 19.0 Å². The van der Waals surface area contributed by atoms with E-state index < -0.39 is 0 Å². The molecule has 2 N–H and O–H groups in total.